The molecule has 0 aromatic heterocycles. The average molecular weight is 166 g/mol. The highest BCUT2D eigenvalue weighted by Crippen LogP contribution is 2.09. The van der Waals surface area contributed by atoms with E-state index in [1.807, 2.05) is 0 Å². The summed E-state index contributed by atoms with van der Waals surface area (Å²) in [5.41, 5.74) is 1.36. The molecule has 0 fully saturated rings. The Balaban J connectivity index is 3.52. The van der Waals surface area contributed by atoms with Gasteiger partial charge in [-0.25, -0.2) is 0 Å². The predicted molar refractivity (Wildman–Crippen MR) is 57.3 cm³/mol. The van der Waals surface area contributed by atoms with Crippen LogP contribution < -0.4 is 0 Å². The van der Waals surface area contributed by atoms with E-state index in [2.05, 4.69) is 39.5 Å². The minimum absolute atomic E-state index is 0.722. The molecule has 0 bridgehead atoms. The maximum atomic E-state index is 4.02. The first-order valence-corrected chi connectivity index (χ1v) is 5.04. The van der Waals surface area contributed by atoms with Gasteiger partial charge in [-0.1, -0.05) is 57.9 Å². The van der Waals surface area contributed by atoms with Gasteiger partial charge in [0.15, 0.2) is 0 Å². The van der Waals surface area contributed by atoms with Gasteiger partial charge in [-0.2, -0.15) is 0 Å². The van der Waals surface area contributed by atoms with Gasteiger partial charge in [0.1, 0.15) is 0 Å². The normalized spacial score (nSPS) is 13.6. The first-order valence-electron chi connectivity index (χ1n) is 5.04. The molecule has 0 aromatic carbocycles. The summed E-state index contributed by atoms with van der Waals surface area (Å²) in [7, 11) is 0. The van der Waals surface area contributed by atoms with Gasteiger partial charge in [-0.15, -0.1) is 0 Å². The lowest BCUT2D eigenvalue weighted by atomic mass is 10.1. The molecule has 0 rings (SSSR count). The lowest BCUT2D eigenvalue weighted by Crippen LogP contribution is -1.84. The quantitative estimate of drug-likeness (QED) is 0.515. The summed E-state index contributed by atoms with van der Waals surface area (Å²) in [6.07, 6.45) is 9.24. The van der Waals surface area contributed by atoms with Crippen LogP contribution in [0, 0.1) is 5.92 Å². The smallest absolute Gasteiger partial charge is 0.0141 e. The first-order chi connectivity index (χ1) is 5.70. The van der Waals surface area contributed by atoms with Gasteiger partial charge in [0.2, 0.25) is 0 Å². The topological polar surface area (TPSA) is 0 Å². The molecule has 0 aliphatic carbocycles. The molecule has 0 saturated heterocycles. The Hall–Kier alpha value is -0.520. The van der Waals surface area contributed by atoms with Crippen LogP contribution in [0.5, 0.6) is 0 Å². The molecule has 0 spiro atoms. The van der Waals surface area contributed by atoms with Crippen molar-refractivity contribution in [2.75, 3.05) is 0 Å². The van der Waals surface area contributed by atoms with Crippen LogP contribution in [0.25, 0.3) is 0 Å². The maximum Gasteiger partial charge on any atom is -0.0141 e. The van der Waals surface area contributed by atoms with E-state index in [0.717, 1.165) is 12.3 Å². The predicted octanol–water partition coefficient (Wildman–Crippen LogP) is 4.34. The number of hydrogen-bond donors (Lipinski definition) is 0. The highest BCUT2D eigenvalue weighted by Gasteiger charge is 1.91. The van der Waals surface area contributed by atoms with E-state index < -0.39 is 0 Å². The van der Waals surface area contributed by atoms with E-state index in [4.69, 9.17) is 0 Å². The lowest BCUT2D eigenvalue weighted by molar-refractivity contribution is 0.695. The standard InChI is InChI=1S/C12H22/c1-5-8-12(4)10-7-9-11(3)6-2/h7,9,11H,4-6,8,10H2,1-3H3. The molecule has 0 N–H and O–H groups in total. The van der Waals surface area contributed by atoms with Gasteiger partial charge in [-0.05, 0) is 18.8 Å². The molecule has 12 heavy (non-hydrogen) atoms. The molecule has 0 heteroatoms. The van der Waals surface area contributed by atoms with Crippen molar-refractivity contribution in [3.63, 3.8) is 0 Å². The number of allylic oxidation sites excluding steroid dienone is 3. The van der Waals surface area contributed by atoms with Gasteiger partial charge in [0.25, 0.3) is 0 Å². The molecule has 0 radical (unpaired) electrons. The van der Waals surface area contributed by atoms with Crippen LogP contribution in [0.3, 0.4) is 0 Å². The van der Waals surface area contributed by atoms with E-state index in [-0.39, 0.29) is 0 Å². The van der Waals surface area contributed by atoms with Crippen molar-refractivity contribution in [2.24, 2.45) is 5.92 Å². The first kappa shape index (κ1) is 11.5. The Morgan fingerprint density at radius 3 is 2.58 bits per heavy atom. The Labute approximate surface area is 77.4 Å². The molecule has 1 unspecified atom stereocenters. The van der Waals surface area contributed by atoms with Crippen LogP contribution in [-0.4, -0.2) is 0 Å². The third-order valence-electron chi connectivity index (χ3n) is 2.12. The van der Waals surface area contributed by atoms with Crippen LogP contribution in [-0.2, 0) is 0 Å². The molecule has 0 nitrogen and oxygen atoms in total. The van der Waals surface area contributed by atoms with Crippen molar-refractivity contribution in [3.8, 4) is 0 Å². The maximum absolute atomic E-state index is 4.02. The van der Waals surface area contributed by atoms with E-state index in [9.17, 15) is 0 Å². The van der Waals surface area contributed by atoms with E-state index in [1.165, 1.54) is 24.8 Å². The minimum Gasteiger partial charge on any atom is -0.0995 e. The third kappa shape index (κ3) is 6.21. The summed E-state index contributed by atoms with van der Waals surface area (Å²) >= 11 is 0. The molecule has 70 valence electrons. The SMILES string of the molecule is C=C(CC=CC(C)CC)CCC. The van der Waals surface area contributed by atoms with E-state index in [1.54, 1.807) is 0 Å². The second kappa shape index (κ2) is 7.15. The van der Waals surface area contributed by atoms with Crippen molar-refractivity contribution < 1.29 is 0 Å². The zero-order valence-electron chi connectivity index (χ0n) is 8.77. The summed E-state index contributed by atoms with van der Waals surface area (Å²) < 4.78 is 0. The molecule has 0 aliphatic rings. The van der Waals surface area contributed by atoms with Crippen molar-refractivity contribution in [2.45, 2.75) is 46.5 Å². The summed E-state index contributed by atoms with van der Waals surface area (Å²) in [6, 6.07) is 0. The number of hydrogen-bond acceptors (Lipinski definition) is 0. The second-order valence-corrected chi connectivity index (χ2v) is 3.52. The van der Waals surface area contributed by atoms with Crippen molar-refractivity contribution >= 4 is 0 Å². The highest BCUT2D eigenvalue weighted by atomic mass is 14.0. The third-order valence-corrected chi connectivity index (χ3v) is 2.12. The molecular weight excluding hydrogens is 144 g/mol. The summed E-state index contributed by atoms with van der Waals surface area (Å²) in [5, 5.41) is 0. The minimum atomic E-state index is 0.722. The molecule has 0 saturated carbocycles. The van der Waals surface area contributed by atoms with Gasteiger partial charge < -0.3 is 0 Å². The number of rotatable bonds is 6. The highest BCUT2D eigenvalue weighted by molar-refractivity contribution is 5.02. The van der Waals surface area contributed by atoms with Crippen LogP contribution in [0.4, 0.5) is 0 Å². The summed E-state index contributed by atoms with van der Waals surface area (Å²) in [5.74, 6) is 0.722. The molecule has 0 heterocycles. The van der Waals surface area contributed by atoms with Gasteiger partial charge in [0.05, 0.1) is 0 Å². The fraction of sp³-hybridized carbons (Fsp3) is 0.667. The van der Waals surface area contributed by atoms with Crippen LogP contribution in [0.2, 0.25) is 0 Å². The Morgan fingerprint density at radius 1 is 1.42 bits per heavy atom. The van der Waals surface area contributed by atoms with Crippen LogP contribution in [0.1, 0.15) is 46.5 Å². The Bertz CT molecular complexity index is 142. The molecular formula is C12H22. The fourth-order valence-corrected chi connectivity index (χ4v) is 1.06. The van der Waals surface area contributed by atoms with Gasteiger partial charge >= 0.3 is 0 Å². The second-order valence-electron chi connectivity index (χ2n) is 3.52. The van der Waals surface area contributed by atoms with Crippen molar-refractivity contribution in [1.82, 2.24) is 0 Å². The van der Waals surface area contributed by atoms with Gasteiger partial charge in [-0.3, -0.25) is 0 Å². The fourth-order valence-electron chi connectivity index (χ4n) is 1.06. The summed E-state index contributed by atoms with van der Waals surface area (Å²) in [4.78, 5) is 0. The van der Waals surface area contributed by atoms with Crippen LogP contribution >= 0.6 is 0 Å². The zero-order chi connectivity index (χ0) is 9.40. The Kier molecular flexibility index (Phi) is 6.84. The monoisotopic (exact) mass is 166 g/mol. The van der Waals surface area contributed by atoms with Gasteiger partial charge in [0, 0.05) is 0 Å². The largest absolute Gasteiger partial charge is 0.0995 e. The van der Waals surface area contributed by atoms with E-state index >= 15 is 0 Å². The Morgan fingerprint density at radius 2 is 2.08 bits per heavy atom. The van der Waals surface area contributed by atoms with E-state index in [0.29, 0.717) is 0 Å². The van der Waals surface area contributed by atoms with Crippen molar-refractivity contribution in [3.05, 3.63) is 24.3 Å². The molecule has 0 amide bonds. The van der Waals surface area contributed by atoms with Crippen LogP contribution in [0.15, 0.2) is 24.3 Å². The average Bonchev–Trinajstić information content (AvgIpc) is 2.04. The lowest BCUT2D eigenvalue weighted by Gasteiger charge is -2.01. The molecule has 0 aromatic rings. The molecule has 1 atom stereocenters. The zero-order valence-corrected chi connectivity index (χ0v) is 8.77. The summed E-state index contributed by atoms with van der Waals surface area (Å²) in [6.45, 7) is 10.7. The molecule has 0 aliphatic heterocycles. The van der Waals surface area contributed by atoms with Crippen molar-refractivity contribution in [1.29, 1.82) is 0 Å².